The average Bonchev–Trinajstić information content (AvgIpc) is 2.66. The molecule has 0 N–H and O–H groups in total. The maximum atomic E-state index is 11.1. The van der Waals surface area contributed by atoms with Gasteiger partial charge in [-0.05, 0) is 26.8 Å². The molecule has 0 atom stereocenters. The molecule has 3 nitrogen and oxygen atoms in total. The normalized spacial score (nSPS) is 11.3. The van der Waals surface area contributed by atoms with Gasteiger partial charge in [0, 0.05) is 18.7 Å². The summed E-state index contributed by atoms with van der Waals surface area (Å²) >= 11 is 0. The summed E-state index contributed by atoms with van der Waals surface area (Å²) in [4.78, 5) is 13.5. The topological polar surface area (TPSA) is 29.5 Å². The van der Waals surface area contributed by atoms with Crippen molar-refractivity contribution in [1.82, 2.24) is 4.90 Å². The molecule has 160 valence electrons. The second kappa shape index (κ2) is 19.9. The van der Waals surface area contributed by atoms with E-state index in [1.165, 1.54) is 96.0 Å². The SMILES string of the molecule is C=CC(=O)OCCN(CCCCCCCCCCCCCCCC)C(C)C. The summed E-state index contributed by atoms with van der Waals surface area (Å²) in [6, 6.07) is 0.495. The second-order valence-corrected chi connectivity index (χ2v) is 8.10. The molecule has 3 heteroatoms. The molecule has 27 heavy (non-hydrogen) atoms. The zero-order valence-electron chi connectivity index (χ0n) is 18.6. The molecule has 0 fully saturated rings. The van der Waals surface area contributed by atoms with Gasteiger partial charge in [0.15, 0.2) is 0 Å². The van der Waals surface area contributed by atoms with E-state index in [1.54, 1.807) is 0 Å². The summed E-state index contributed by atoms with van der Waals surface area (Å²) in [5, 5.41) is 0. The lowest BCUT2D eigenvalue weighted by atomic mass is 10.0. The highest BCUT2D eigenvalue weighted by molar-refractivity contribution is 5.81. The molecule has 0 aliphatic rings. The van der Waals surface area contributed by atoms with Crippen LogP contribution in [-0.2, 0) is 9.53 Å². The van der Waals surface area contributed by atoms with E-state index in [9.17, 15) is 4.79 Å². The van der Waals surface area contributed by atoms with Gasteiger partial charge in [0.2, 0.25) is 0 Å². The second-order valence-electron chi connectivity index (χ2n) is 8.10. The first kappa shape index (κ1) is 26.2. The number of esters is 1. The van der Waals surface area contributed by atoms with E-state index in [2.05, 4.69) is 32.3 Å². The van der Waals surface area contributed by atoms with Crippen molar-refractivity contribution < 1.29 is 9.53 Å². The van der Waals surface area contributed by atoms with Crippen molar-refractivity contribution >= 4 is 5.97 Å². The Morgan fingerprint density at radius 2 is 1.26 bits per heavy atom. The quantitative estimate of drug-likeness (QED) is 0.130. The molecule has 0 aromatic carbocycles. The number of hydrogen-bond acceptors (Lipinski definition) is 3. The van der Waals surface area contributed by atoms with Crippen LogP contribution in [0.25, 0.3) is 0 Å². The van der Waals surface area contributed by atoms with Crippen LogP contribution in [0.1, 0.15) is 111 Å². The number of rotatable bonds is 20. The Morgan fingerprint density at radius 3 is 1.67 bits per heavy atom. The van der Waals surface area contributed by atoms with Crippen LogP contribution >= 0.6 is 0 Å². The lowest BCUT2D eigenvalue weighted by Crippen LogP contribution is -2.35. The number of carbonyl (C=O) groups is 1. The molecule has 0 saturated carbocycles. The zero-order chi connectivity index (χ0) is 20.2. The van der Waals surface area contributed by atoms with Gasteiger partial charge in [0.25, 0.3) is 0 Å². The average molecular weight is 382 g/mol. The molecule has 0 aliphatic heterocycles. The van der Waals surface area contributed by atoms with Crippen molar-refractivity contribution in [2.75, 3.05) is 19.7 Å². The third kappa shape index (κ3) is 18.3. The zero-order valence-corrected chi connectivity index (χ0v) is 18.6. The standard InChI is InChI=1S/C24H47NO2/c1-5-7-8-9-10-11-12-13-14-15-16-17-18-19-20-25(23(3)4)21-22-27-24(26)6-2/h6,23H,2,5,7-22H2,1,3-4H3. The summed E-state index contributed by atoms with van der Waals surface area (Å²) in [5.41, 5.74) is 0. The first-order valence-electron chi connectivity index (χ1n) is 11.6. The lowest BCUT2D eigenvalue weighted by molar-refractivity contribution is -0.138. The van der Waals surface area contributed by atoms with Gasteiger partial charge in [-0.25, -0.2) is 4.79 Å². The number of unbranched alkanes of at least 4 members (excludes halogenated alkanes) is 13. The van der Waals surface area contributed by atoms with Crippen molar-refractivity contribution in [3.63, 3.8) is 0 Å². The minimum atomic E-state index is -0.324. The number of ether oxygens (including phenoxy) is 1. The van der Waals surface area contributed by atoms with Crippen molar-refractivity contribution in [3.05, 3.63) is 12.7 Å². The first-order chi connectivity index (χ1) is 13.1. The van der Waals surface area contributed by atoms with Crippen LogP contribution in [-0.4, -0.2) is 36.6 Å². The third-order valence-corrected chi connectivity index (χ3v) is 5.32. The first-order valence-corrected chi connectivity index (χ1v) is 11.6. The molecule has 0 bridgehead atoms. The Bertz CT molecular complexity index is 341. The van der Waals surface area contributed by atoms with Crippen molar-refractivity contribution in [2.45, 2.75) is 117 Å². The number of nitrogens with zero attached hydrogens (tertiary/aromatic N) is 1. The van der Waals surface area contributed by atoms with Crippen molar-refractivity contribution in [1.29, 1.82) is 0 Å². The molecule has 0 unspecified atom stereocenters. The summed E-state index contributed by atoms with van der Waals surface area (Å²) in [6.45, 7) is 12.5. The highest BCUT2D eigenvalue weighted by atomic mass is 16.5. The Labute approximate surface area is 169 Å². The smallest absolute Gasteiger partial charge is 0.330 e. The van der Waals surface area contributed by atoms with Gasteiger partial charge in [-0.1, -0.05) is 97.0 Å². The molecule has 0 amide bonds. The van der Waals surface area contributed by atoms with Crippen LogP contribution in [0.2, 0.25) is 0 Å². The van der Waals surface area contributed by atoms with Gasteiger partial charge < -0.3 is 4.74 Å². The van der Waals surface area contributed by atoms with E-state index < -0.39 is 0 Å². The Hall–Kier alpha value is -0.830. The van der Waals surface area contributed by atoms with E-state index in [1.807, 2.05) is 0 Å². The molecular weight excluding hydrogens is 334 g/mol. The Balaban J connectivity index is 3.42. The maximum absolute atomic E-state index is 11.1. The monoisotopic (exact) mass is 381 g/mol. The molecule has 0 spiro atoms. The minimum Gasteiger partial charge on any atom is -0.461 e. The fourth-order valence-electron chi connectivity index (χ4n) is 3.46. The van der Waals surface area contributed by atoms with Crippen molar-refractivity contribution in [2.24, 2.45) is 0 Å². The molecule has 0 aromatic heterocycles. The highest BCUT2D eigenvalue weighted by Gasteiger charge is 2.09. The number of hydrogen-bond donors (Lipinski definition) is 0. The molecule has 0 aliphatic carbocycles. The van der Waals surface area contributed by atoms with E-state index in [0.717, 1.165) is 13.1 Å². The van der Waals surface area contributed by atoms with Gasteiger partial charge >= 0.3 is 5.97 Å². The summed E-state index contributed by atoms with van der Waals surface area (Å²) in [7, 11) is 0. The van der Waals surface area contributed by atoms with Crippen LogP contribution in [0.3, 0.4) is 0 Å². The fourth-order valence-corrected chi connectivity index (χ4v) is 3.46. The van der Waals surface area contributed by atoms with Crippen LogP contribution in [0.15, 0.2) is 12.7 Å². The van der Waals surface area contributed by atoms with Crippen LogP contribution in [0.4, 0.5) is 0 Å². The Kier molecular flexibility index (Phi) is 19.3. The lowest BCUT2D eigenvalue weighted by Gasteiger charge is -2.26. The molecule has 0 saturated heterocycles. The summed E-state index contributed by atoms with van der Waals surface area (Å²) in [6.07, 6.45) is 20.7. The maximum Gasteiger partial charge on any atom is 0.330 e. The van der Waals surface area contributed by atoms with Crippen molar-refractivity contribution in [3.8, 4) is 0 Å². The Morgan fingerprint density at radius 1 is 0.815 bits per heavy atom. The van der Waals surface area contributed by atoms with Crippen LogP contribution in [0, 0.1) is 0 Å². The van der Waals surface area contributed by atoms with E-state index in [4.69, 9.17) is 4.74 Å². The number of carbonyl (C=O) groups excluding carboxylic acids is 1. The largest absolute Gasteiger partial charge is 0.461 e. The molecule has 0 aromatic rings. The van der Waals surface area contributed by atoms with Gasteiger partial charge in [0.05, 0.1) is 0 Å². The summed E-state index contributed by atoms with van der Waals surface area (Å²) < 4.78 is 5.10. The molecule has 0 radical (unpaired) electrons. The predicted octanol–water partition coefficient (Wildman–Crippen LogP) is 6.91. The van der Waals surface area contributed by atoms with Gasteiger partial charge in [-0.15, -0.1) is 0 Å². The summed E-state index contributed by atoms with van der Waals surface area (Å²) in [5.74, 6) is -0.324. The van der Waals surface area contributed by atoms with Gasteiger partial charge in [-0.2, -0.15) is 0 Å². The highest BCUT2D eigenvalue weighted by Crippen LogP contribution is 2.13. The van der Waals surface area contributed by atoms with E-state index in [-0.39, 0.29) is 5.97 Å². The van der Waals surface area contributed by atoms with Gasteiger partial charge in [-0.3, -0.25) is 4.90 Å². The predicted molar refractivity (Wildman–Crippen MR) is 118 cm³/mol. The molecular formula is C24H47NO2. The molecule has 0 heterocycles. The van der Waals surface area contributed by atoms with E-state index >= 15 is 0 Å². The molecule has 0 rings (SSSR count). The van der Waals surface area contributed by atoms with Crippen LogP contribution < -0.4 is 0 Å². The minimum absolute atomic E-state index is 0.324. The van der Waals surface area contributed by atoms with Crippen LogP contribution in [0.5, 0.6) is 0 Å². The van der Waals surface area contributed by atoms with Gasteiger partial charge in [0.1, 0.15) is 6.61 Å². The van der Waals surface area contributed by atoms with E-state index in [0.29, 0.717) is 12.6 Å². The fraction of sp³-hybridized carbons (Fsp3) is 0.875. The third-order valence-electron chi connectivity index (χ3n) is 5.32.